The number of halogens is 1. The Bertz CT molecular complexity index is 653. The predicted molar refractivity (Wildman–Crippen MR) is 83.8 cm³/mol. The Balaban J connectivity index is 1.99. The number of carbonyl (C=O) groups excluding carboxylic acids is 1. The molecule has 1 spiro atoms. The highest BCUT2D eigenvalue weighted by molar-refractivity contribution is 5.94. The van der Waals surface area contributed by atoms with Crippen LogP contribution in [0, 0.1) is 11.7 Å². The number of hydrogen-bond donors (Lipinski definition) is 2. The molecular formula is C16H20FN3O4. The van der Waals surface area contributed by atoms with Gasteiger partial charge in [0.05, 0.1) is 6.67 Å². The minimum absolute atomic E-state index is 0.193. The van der Waals surface area contributed by atoms with Gasteiger partial charge in [0.15, 0.2) is 0 Å². The summed E-state index contributed by atoms with van der Waals surface area (Å²) >= 11 is 0. The van der Waals surface area contributed by atoms with Crippen LogP contribution in [-0.2, 0) is 4.79 Å². The molecule has 2 aliphatic rings. The molecule has 2 fully saturated rings. The lowest BCUT2D eigenvalue weighted by Gasteiger charge is -2.47. The fourth-order valence-electron chi connectivity index (χ4n) is 3.81. The Kier molecular flexibility index (Phi) is 4.08. The first-order chi connectivity index (χ1) is 11.4. The third kappa shape index (κ3) is 2.37. The second-order valence-electron chi connectivity index (χ2n) is 6.34. The van der Waals surface area contributed by atoms with Crippen LogP contribution >= 0.6 is 0 Å². The first-order valence-electron chi connectivity index (χ1n) is 7.81. The highest BCUT2D eigenvalue weighted by Gasteiger charge is 2.57. The molecule has 24 heavy (non-hydrogen) atoms. The molecule has 7 nitrogen and oxygen atoms in total. The topological polar surface area (TPSA) is 84.3 Å². The number of aliphatic hydroxyl groups excluding tert-OH is 1. The molecule has 0 aromatic heterocycles. The molecule has 0 saturated carbocycles. The molecule has 2 saturated heterocycles. The van der Waals surface area contributed by atoms with E-state index in [0.29, 0.717) is 12.1 Å². The normalized spacial score (nSPS) is 27.2. The fourth-order valence-corrected chi connectivity index (χ4v) is 3.81. The molecule has 1 aromatic carbocycles. The van der Waals surface area contributed by atoms with Gasteiger partial charge in [0, 0.05) is 24.7 Å². The zero-order valence-corrected chi connectivity index (χ0v) is 13.4. The molecule has 3 rings (SSSR count). The van der Waals surface area contributed by atoms with Crippen LogP contribution in [0.25, 0.3) is 0 Å². The average molecular weight is 337 g/mol. The maximum absolute atomic E-state index is 13.2. The minimum Gasteiger partial charge on any atom is -0.465 e. The smallest absolute Gasteiger partial charge is 0.407 e. The number of carbonyl (C=O) groups is 2. The van der Waals surface area contributed by atoms with Gasteiger partial charge in [-0.1, -0.05) is 6.92 Å². The second kappa shape index (κ2) is 5.94. The summed E-state index contributed by atoms with van der Waals surface area (Å²) in [7, 11) is 0. The molecule has 2 amide bonds. The molecule has 2 aliphatic heterocycles. The molecule has 0 radical (unpaired) electrons. The van der Waals surface area contributed by atoms with E-state index in [9.17, 15) is 24.2 Å². The van der Waals surface area contributed by atoms with Crippen molar-refractivity contribution in [2.45, 2.75) is 18.9 Å². The first kappa shape index (κ1) is 16.5. The summed E-state index contributed by atoms with van der Waals surface area (Å²) in [4.78, 5) is 28.6. The van der Waals surface area contributed by atoms with Crippen molar-refractivity contribution < 1.29 is 24.2 Å². The SMILES string of the molecule is CC1CN(C(=O)O)CCC12C(=O)N(CO)CN2c1ccc(F)cc1. The fraction of sp³-hybridized carbons (Fsp3) is 0.500. The lowest BCUT2D eigenvalue weighted by Crippen LogP contribution is -2.62. The van der Waals surface area contributed by atoms with Crippen molar-refractivity contribution in [1.29, 1.82) is 0 Å². The van der Waals surface area contributed by atoms with Gasteiger partial charge in [-0.2, -0.15) is 0 Å². The molecule has 2 atom stereocenters. The third-order valence-corrected chi connectivity index (χ3v) is 5.10. The maximum Gasteiger partial charge on any atom is 0.407 e. The average Bonchev–Trinajstić information content (AvgIpc) is 2.84. The zero-order valence-electron chi connectivity index (χ0n) is 13.4. The van der Waals surface area contributed by atoms with Crippen LogP contribution in [0.1, 0.15) is 13.3 Å². The van der Waals surface area contributed by atoms with Crippen molar-refractivity contribution in [2.75, 3.05) is 31.4 Å². The van der Waals surface area contributed by atoms with Crippen molar-refractivity contribution in [3.63, 3.8) is 0 Å². The van der Waals surface area contributed by atoms with Gasteiger partial charge < -0.3 is 20.0 Å². The number of aliphatic hydroxyl groups is 1. The number of benzene rings is 1. The van der Waals surface area contributed by atoms with E-state index in [1.807, 2.05) is 11.8 Å². The molecule has 130 valence electrons. The lowest BCUT2D eigenvalue weighted by atomic mass is 9.77. The van der Waals surface area contributed by atoms with Gasteiger partial charge in [-0.15, -0.1) is 0 Å². The van der Waals surface area contributed by atoms with E-state index in [1.165, 1.54) is 21.9 Å². The standard InChI is InChI=1S/C16H20FN3O4/c1-11-8-18(15(23)24)7-6-16(11)14(22)19(10-21)9-20(16)13-4-2-12(17)3-5-13/h2-5,11,21H,6-10H2,1H3,(H,23,24). The third-order valence-electron chi connectivity index (χ3n) is 5.10. The van der Waals surface area contributed by atoms with Crippen LogP contribution in [0.15, 0.2) is 24.3 Å². The summed E-state index contributed by atoms with van der Waals surface area (Å²) in [6.07, 6.45) is -0.679. The Morgan fingerprint density at radius 2 is 2.04 bits per heavy atom. The van der Waals surface area contributed by atoms with Crippen molar-refractivity contribution in [1.82, 2.24) is 9.80 Å². The van der Waals surface area contributed by atoms with E-state index >= 15 is 0 Å². The number of nitrogens with zero attached hydrogens (tertiary/aromatic N) is 3. The van der Waals surface area contributed by atoms with Gasteiger partial charge in [0.1, 0.15) is 18.1 Å². The van der Waals surface area contributed by atoms with Crippen LogP contribution in [-0.4, -0.2) is 64.0 Å². The summed E-state index contributed by atoms with van der Waals surface area (Å²) in [5, 5.41) is 18.7. The van der Waals surface area contributed by atoms with Gasteiger partial charge in [-0.25, -0.2) is 9.18 Å². The highest BCUT2D eigenvalue weighted by atomic mass is 19.1. The number of rotatable bonds is 2. The van der Waals surface area contributed by atoms with E-state index in [0.717, 1.165) is 0 Å². The second-order valence-corrected chi connectivity index (χ2v) is 6.34. The maximum atomic E-state index is 13.2. The summed E-state index contributed by atoms with van der Waals surface area (Å²) in [6, 6.07) is 5.85. The van der Waals surface area contributed by atoms with Gasteiger partial charge in [-0.05, 0) is 30.7 Å². The number of piperidine rings is 1. The summed E-state index contributed by atoms with van der Waals surface area (Å²) in [5.41, 5.74) is -0.247. The Morgan fingerprint density at radius 1 is 1.38 bits per heavy atom. The number of likely N-dealkylation sites (tertiary alicyclic amines) is 1. The highest BCUT2D eigenvalue weighted by Crippen LogP contribution is 2.42. The molecule has 0 bridgehead atoms. The first-order valence-corrected chi connectivity index (χ1v) is 7.81. The van der Waals surface area contributed by atoms with Crippen LogP contribution < -0.4 is 4.90 Å². The summed E-state index contributed by atoms with van der Waals surface area (Å²) in [5.74, 6) is -0.852. The van der Waals surface area contributed by atoms with Crippen molar-refractivity contribution in [3.05, 3.63) is 30.1 Å². The van der Waals surface area contributed by atoms with Crippen LogP contribution in [0.2, 0.25) is 0 Å². The molecule has 2 heterocycles. The molecule has 1 aromatic rings. The molecular weight excluding hydrogens is 317 g/mol. The number of hydrogen-bond acceptors (Lipinski definition) is 4. The van der Waals surface area contributed by atoms with Crippen LogP contribution in [0.3, 0.4) is 0 Å². The van der Waals surface area contributed by atoms with Crippen molar-refractivity contribution in [3.8, 4) is 0 Å². The van der Waals surface area contributed by atoms with Crippen LogP contribution in [0.4, 0.5) is 14.9 Å². The summed E-state index contributed by atoms with van der Waals surface area (Å²) < 4.78 is 13.2. The van der Waals surface area contributed by atoms with Gasteiger partial charge >= 0.3 is 6.09 Å². The molecule has 2 N–H and O–H groups in total. The zero-order chi connectivity index (χ0) is 17.5. The lowest BCUT2D eigenvalue weighted by molar-refractivity contribution is -0.138. The van der Waals surface area contributed by atoms with Crippen molar-refractivity contribution in [2.24, 2.45) is 5.92 Å². The minimum atomic E-state index is -1.01. The molecule has 2 unspecified atom stereocenters. The van der Waals surface area contributed by atoms with E-state index in [2.05, 4.69) is 0 Å². The summed E-state index contributed by atoms with van der Waals surface area (Å²) in [6.45, 7) is 2.09. The number of amides is 2. The Morgan fingerprint density at radius 3 is 2.58 bits per heavy atom. The molecule has 8 heteroatoms. The van der Waals surface area contributed by atoms with Gasteiger partial charge in [0.25, 0.3) is 5.91 Å². The Labute approximate surface area is 138 Å². The predicted octanol–water partition coefficient (Wildman–Crippen LogP) is 1.14. The van der Waals surface area contributed by atoms with E-state index in [4.69, 9.17) is 0 Å². The van der Waals surface area contributed by atoms with E-state index in [1.54, 1.807) is 12.1 Å². The van der Waals surface area contributed by atoms with Crippen molar-refractivity contribution >= 4 is 17.7 Å². The van der Waals surface area contributed by atoms with E-state index in [-0.39, 0.29) is 37.4 Å². The number of anilines is 1. The monoisotopic (exact) mass is 337 g/mol. The van der Waals surface area contributed by atoms with Crippen LogP contribution in [0.5, 0.6) is 0 Å². The molecule has 0 aliphatic carbocycles. The number of carboxylic acid groups (broad SMARTS) is 1. The van der Waals surface area contributed by atoms with E-state index < -0.39 is 18.4 Å². The van der Waals surface area contributed by atoms with Gasteiger partial charge in [0.2, 0.25) is 0 Å². The van der Waals surface area contributed by atoms with Gasteiger partial charge in [-0.3, -0.25) is 9.69 Å². The quantitative estimate of drug-likeness (QED) is 0.845. The Hall–Kier alpha value is -2.35. The largest absolute Gasteiger partial charge is 0.465 e.